The summed E-state index contributed by atoms with van der Waals surface area (Å²) in [6.07, 6.45) is 5.82. The van der Waals surface area contributed by atoms with Crippen molar-refractivity contribution in [3.8, 4) is 0 Å². The Morgan fingerprint density at radius 1 is 1.40 bits per heavy atom. The maximum Gasteiger partial charge on any atom is 0.323 e. The highest BCUT2D eigenvalue weighted by Crippen LogP contribution is 2.24. The second-order valence-electron chi connectivity index (χ2n) is 6.10. The summed E-state index contributed by atoms with van der Waals surface area (Å²) in [5, 5.41) is 13.0. The van der Waals surface area contributed by atoms with Crippen LogP contribution in [0.15, 0.2) is 0 Å². The molecule has 0 bridgehead atoms. The number of rotatable bonds is 6. The lowest BCUT2D eigenvalue weighted by Gasteiger charge is -2.30. The van der Waals surface area contributed by atoms with E-state index in [4.69, 9.17) is 4.74 Å². The summed E-state index contributed by atoms with van der Waals surface area (Å²) in [4.78, 5) is 14.2. The Bertz CT molecular complexity index is 318. The van der Waals surface area contributed by atoms with E-state index in [1.54, 1.807) is 0 Å². The molecule has 2 fully saturated rings. The molecule has 2 aliphatic heterocycles. The number of hydrogen-bond acceptors (Lipinski definition) is 4. The average Bonchev–Trinajstić information content (AvgIpc) is 2.85. The molecule has 5 heteroatoms. The molecule has 20 heavy (non-hydrogen) atoms. The summed E-state index contributed by atoms with van der Waals surface area (Å²) in [5.74, 6) is -0.700. The van der Waals surface area contributed by atoms with Crippen molar-refractivity contribution in [3.05, 3.63) is 0 Å². The van der Waals surface area contributed by atoms with Gasteiger partial charge in [-0.2, -0.15) is 0 Å². The number of ether oxygens (including phenoxy) is 1. The monoisotopic (exact) mass is 284 g/mol. The second-order valence-corrected chi connectivity index (χ2v) is 6.10. The number of aliphatic carboxylic acids is 1. The number of nitrogens with zero attached hydrogens (tertiary/aromatic N) is 1. The third-order valence-electron chi connectivity index (χ3n) is 4.57. The molecule has 116 valence electrons. The van der Waals surface area contributed by atoms with Gasteiger partial charge in [0.2, 0.25) is 0 Å². The fraction of sp³-hybridized carbons (Fsp3) is 0.933. The molecule has 0 radical (unpaired) electrons. The van der Waals surface area contributed by atoms with Crippen molar-refractivity contribution in [3.63, 3.8) is 0 Å². The first kappa shape index (κ1) is 15.7. The highest BCUT2D eigenvalue weighted by molar-refractivity contribution is 5.78. The van der Waals surface area contributed by atoms with Crippen LogP contribution in [0, 0.1) is 0 Å². The fourth-order valence-electron chi connectivity index (χ4n) is 3.31. The van der Waals surface area contributed by atoms with Crippen LogP contribution < -0.4 is 5.32 Å². The Hall–Kier alpha value is -0.650. The third-order valence-corrected chi connectivity index (χ3v) is 4.57. The molecular weight excluding hydrogens is 256 g/mol. The van der Waals surface area contributed by atoms with Crippen molar-refractivity contribution in [2.75, 3.05) is 32.8 Å². The topological polar surface area (TPSA) is 61.8 Å². The lowest BCUT2D eigenvalue weighted by atomic mass is 9.90. The zero-order valence-electron chi connectivity index (χ0n) is 12.6. The lowest BCUT2D eigenvalue weighted by Crippen LogP contribution is -2.54. The largest absolute Gasteiger partial charge is 0.480 e. The van der Waals surface area contributed by atoms with E-state index < -0.39 is 11.5 Å². The number of nitrogens with one attached hydrogen (secondary N) is 1. The Morgan fingerprint density at radius 3 is 2.90 bits per heavy atom. The first-order chi connectivity index (χ1) is 9.66. The minimum atomic E-state index is -0.756. The second kappa shape index (κ2) is 7.38. The molecular formula is C15H28N2O3. The van der Waals surface area contributed by atoms with E-state index in [0.717, 1.165) is 58.3 Å². The van der Waals surface area contributed by atoms with E-state index in [-0.39, 0.29) is 6.10 Å². The molecule has 0 amide bonds. The summed E-state index contributed by atoms with van der Waals surface area (Å²) >= 11 is 0. The zero-order chi connectivity index (χ0) is 14.4. The summed E-state index contributed by atoms with van der Waals surface area (Å²) < 4.78 is 5.59. The first-order valence-electron chi connectivity index (χ1n) is 7.99. The molecule has 0 aromatic heterocycles. The van der Waals surface area contributed by atoms with Crippen LogP contribution in [0.2, 0.25) is 0 Å². The minimum absolute atomic E-state index is 0.196. The van der Waals surface area contributed by atoms with Gasteiger partial charge in [-0.05, 0) is 51.6 Å². The summed E-state index contributed by atoms with van der Waals surface area (Å²) in [6.45, 7) is 6.62. The minimum Gasteiger partial charge on any atom is -0.480 e. The molecule has 0 aromatic rings. The van der Waals surface area contributed by atoms with Gasteiger partial charge in [0.1, 0.15) is 5.54 Å². The maximum atomic E-state index is 11.8. The third kappa shape index (κ3) is 3.93. The van der Waals surface area contributed by atoms with E-state index in [0.29, 0.717) is 13.0 Å². The van der Waals surface area contributed by atoms with Crippen molar-refractivity contribution < 1.29 is 14.6 Å². The number of likely N-dealkylation sites (tertiary alicyclic amines) is 1. The Balaban J connectivity index is 1.92. The maximum absolute atomic E-state index is 11.8. The van der Waals surface area contributed by atoms with Crippen LogP contribution in [0.5, 0.6) is 0 Å². The number of carbonyl (C=O) groups is 1. The van der Waals surface area contributed by atoms with Crippen LogP contribution in [0.1, 0.15) is 45.4 Å². The van der Waals surface area contributed by atoms with Gasteiger partial charge in [0, 0.05) is 19.7 Å². The van der Waals surface area contributed by atoms with Crippen LogP contribution in [0.25, 0.3) is 0 Å². The normalized spacial score (nSPS) is 32.1. The predicted octanol–water partition coefficient (Wildman–Crippen LogP) is 1.47. The Labute approximate surface area is 121 Å². The molecule has 2 aliphatic rings. The molecule has 2 atom stereocenters. The number of hydrogen-bond donors (Lipinski definition) is 2. The SMILES string of the molecule is CCCN1CCCC(NCC2CCCO2)(C(=O)O)CC1. The van der Waals surface area contributed by atoms with Crippen molar-refractivity contribution >= 4 is 5.97 Å². The summed E-state index contributed by atoms with van der Waals surface area (Å²) in [7, 11) is 0. The van der Waals surface area contributed by atoms with Gasteiger partial charge in [0.05, 0.1) is 6.10 Å². The quantitative estimate of drug-likeness (QED) is 0.773. The van der Waals surface area contributed by atoms with E-state index in [1.165, 1.54) is 0 Å². The molecule has 0 saturated carbocycles. The number of carboxylic acid groups (broad SMARTS) is 1. The van der Waals surface area contributed by atoms with Crippen LogP contribution in [0.3, 0.4) is 0 Å². The van der Waals surface area contributed by atoms with E-state index in [9.17, 15) is 9.90 Å². The Morgan fingerprint density at radius 2 is 2.25 bits per heavy atom. The summed E-state index contributed by atoms with van der Waals surface area (Å²) in [6, 6.07) is 0. The molecule has 2 unspecified atom stereocenters. The van der Waals surface area contributed by atoms with Gasteiger partial charge in [0.15, 0.2) is 0 Å². The van der Waals surface area contributed by atoms with E-state index >= 15 is 0 Å². The number of carboxylic acids is 1. The van der Waals surface area contributed by atoms with Gasteiger partial charge in [0.25, 0.3) is 0 Å². The van der Waals surface area contributed by atoms with Gasteiger partial charge in [-0.25, -0.2) is 0 Å². The highest BCUT2D eigenvalue weighted by atomic mass is 16.5. The average molecular weight is 284 g/mol. The van der Waals surface area contributed by atoms with Crippen molar-refractivity contribution in [1.82, 2.24) is 10.2 Å². The predicted molar refractivity (Wildman–Crippen MR) is 77.9 cm³/mol. The van der Waals surface area contributed by atoms with Crippen LogP contribution >= 0.6 is 0 Å². The smallest absolute Gasteiger partial charge is 0.323 e. The molecule has 2 saturated heterocycles. The highest BCUT2D eigenvalue weighted by Gasteiger charge is 2.40. The standard InChI is InChI=1S/C15H28N2O3/c1-2-8-17-9-4-6-15(7-10-17,14(18)19)16-12-13-5-3-11-20-13/h13,16H,2-12H2,1H3,(H,18,19). The van der Waals surface area contributed by atoms with Gasteiger partial charge in [-0.3, -0.25) is 10.1 Å². The molecule has 2 rings (SSSR count). The Kier molecular flexibility index (Phi) is 5.81. The molecule has 5 nitrogen and oxygen atoms in total. The molecule has 2 N–H and O–H groups in total. The van der Waals surface area contributed by atoms with Gasteiger partial charge in [-0.15, -0.1) is 0 Å². The van der Waals surface area contributed by atoms with Gasteiger partial charge >= 0.3 is 5.97 Å². The first-order valence-corrected chi connectivity index (χ1v) is 7.99. The van der Waals surface area contributed by atoms with E-state index in [2.05, 4.69) is 17.1 Å². The van der Waals surface area contributed by atoms with Gasteiger partial charge in [-0.1, -0.05) is 6.92 Å². The fourth-order valence-corrected chi connectivity index (χ4v) is 3.31. The van der Waals surface area contributed by atoms with Gasteiger partial charge < -0.3 is 14.7 Å². The zero-order valence-corrected chi connectivity index (χ0v) is 12.6. The van der Waals surface area contributed by atoms with Crippen LogP contribution in [0.4, 0.5) is 0 Å². The molecule has 0 spiro atoms. The van der Waals surface area contributed by atoms with Crippen molar-refractivity contribution in [1.29, 1.82) is 0 Å². The van der Waals surface area contributed by atoms with E-state index in [1.807, 2.05) is 0 Å². The summed E-state index contributed by atoms with van der Waals surface area (Å²) in [5.41, 5.74) is -0.756. The molecule has 2 heterocycles. The van der Waals surface area contributed by atoms with Crippen LogP contribution in [-0.4, -0.2) is 60.4 Å². The van der Waals surface area contributed by atoms with Crippen molar-refractivity contribution in [2.24, 2.45) is 0 Å². The molecule has 0 aromatic carbocycles. The van der Waals surface area contributed by atoms with Crippen LogP contribution in [-0.2, 0) is 9.53 Å². The molecule has 0 aliphatic carbocycles. The lowest BCUT2D eigenvalue weighted by molar-refractivity contribution is -0.145. The van der Waals surface area contributed by atoms with Crippen molar-refractivity contribution in [2.45, 2.75) is 57.1 Å².